The summed E-state index contributed by atoms with van der Waals surface area (Å²) >= 11 is 0. The molecule has 0 bridgehead atoms. The van der Waals surface area contributed by atoms with Crippen LogP contribution < -0.4 is 10.9 Å². The quantitative estimate of drug-likeness (QED) is 0.672. The lowest BCUT2D eigenvalue weighted by Crippen LogP contribution is -2.38. The Morgan fingerprint density at radius 3 is 2.80 bits per heavy atom. The number of fused-ring (bicyclic) bond motifs is 1. The summed E-state index contributed by atoms with van der Waals surface area (Å²) in [5.41, 5.74) is 1.54. The van der Waals surface area contributed by atoms with Crippen LogP contribution in [0.5, 0.6) is 0 Å². The molecule has 0 spiro atoms. The highest BCUT2D eigenvalue weighted by Crippen LogP contribution is 2.22. The summed E-state index contributed by atoms with van der Waals surface area (Å²) in [6.45, 7) is 4.53. The van der Waals surface area contributed by atoms with Gasteiger partial charge in [0.1, 0.15) is 0 Å². The summed E-state index contributed by atoms with van der Waals surface area (Å²) in [5, 5.41) is 3.47. The predicted octanol–water partition coefficient (Wildman–Crippen LogP) is 3.11. The zero-order chi connectivity index (χ0) is 21.5. The highest BCUT2D eigenvalue weighted by Gasteiger charge is 2.20. The molecule has 30 heavy (non-hydrogen) atoms. The molecule has 1 saturated carbocycles. The molecule has 1 fully saturated rings. The van der Waals surface area contributed by atoms with Crippen LogP contribution in [0.3, 0.4) is 0 Å². The van der Waals surface area contributed by atoms with Crippen LogP contribution in [-0.2, 0) is 20.9 Å². The lowest BCUT2D eigenvalue weighted by Gasteiger charge is -2.22. The van der Waals surface area contributed by atoms with Crippen LogP contribution in [0.15, 0.2) is 29.3 Å². The molecule has 1 atom stereocenters. The first-order valence-corrected chi connectivity index (χ1v) is 10.9. The van der Waals surface area contributed by atoms with Gasteiger partial charge in [-0.25, -0.2) is 4.98 Å². The minimum atomic E-state index is -0.811. The first kappa shape index (κ1) is 22.0. The van der Waals surface area contributed by atoms with Gasteiger partial charge in [-0.3, -0.25) is 19.0 Å². The van der Waals surface area contributed by atoms with E-state index < -0.39 is 12.1 Å². The SMILES string of the molecule is Cc1cccc2c(=O)n(CCCC(=O)O[C@@H](C)C(=O)NCC3CCCCC3)cnc12. The molecule has 1 N–H and O–H groups in total. The normalized spacial score (nSPS) is 15.7. The number of nitrogens with zero attached hydrogens (tertiary/aromatic N) is 2. The zero-order valence-electron chi connectivity index (χ0n) is 17.9. The zero-order valence-corrected chi connectivity index (χ0v) is 17.9. The molecule has 1 aliphatic rings. The van der Waals surface area contributed by atoms with E-state index in [1.165, 1.54) is 30.2 Å². The van der Waals surface area contributed by atoms with Gasteiger partial charge < -0.3 is 10.1 Å². The number of benzene rings is 1. The molecule has 0 radical (unpaired) electrons. The molecule has 2 aromatic rings. The molecular weight excluding hydrogens is 382 g/mol. The standard InChI is InChI=1S/C23H31N3O4/c1-16-8-6-11-19-21(16)25-15-26(23(19)29)13-7-12-20(27)30-17(2)22(28)24-14-18-9-4-3-5-10-18/h6,8,11,15,17-18H,3-5,7,9-10,12-14H2,1-2H3,(H,24,28)/t17-/m0/s1. The van der Waals surface area contributed by atoms with Crippen molar-refractivity contribution >= 4 is 22.8 Å². The summed E-state index contributed by atoms with van der Waals surface area (Å²) in [5.74, 6) is -0.157. The second kappa shape index (κ2) is 10.4. The van der Waals surface area contributed by atoms with Crippen LogP contribution in [0.4, 0.5) is 0 Å². The van der Waals surface area contributed by atoms with Gasteiger partial charge in [0, 0.05) is 19.5 Å². The van der Waals surface area contributed by atoms with Gasteiger partial charge in [-0.05, 0) is 50.7 Å². The van der Waals surface area contributed by atoms with E-state index >= 15 is 0 Å². The van der Waals surface area contributed by atoms with Crippen LogP contribution >= 0.6 is 0 Å². The van der Waals surface area contributed by atoms with Crippen molar-refractivity contribution in [1.82, 2.24) is 14.9 Å². The van der Waals surface area contributed by atoms with Gasteiger partial charge in [-0.2, -0.15) is 0 Å². The molecule has 0 unspecified atom stereocenters. The predicted molar refractivity (Wildman–Crippen MR) is 115 cm³/mol. The van der Waals surface area contributed by atoms with Crippen LogP contribution in [0.2, 0.25) is 0 Å². The van der Waals surface area contributed by atoms with E-state index in [0.717, 1.165) is 18.4 Å². The van der Waals surface area contributed by atoms with Gasteiger partial charge in [-0.1, -0.05) is 31.4 Å². The molecule has 1 aromatic heterocycles. The van der Waals surface area contributed by atoms with Crippen LogP contribution in [0.1, 0.15) is 57.4 Å². The highest BCUT2D eigenvalue weighted by atomic mass is 16.5. The Balaban J connectivity index is 1.43. The van der Waals surface area contributed by atoms with E-state index in [9.17, 15) is 14.4 Å². The van der Waals surface area contributed by atoms with Gasteiger partial charge in [0.15, 0.2) is 6.10 Å². The van der Waals surface area contributed by atoms with Crippen molar-refractivity contribution in [3.05, 3.63) is 40.4 Å². The average Bonchev–Trinajstić information content (AvgIpc) is 2.74. The van der Waals surface area contributed by atoms with Gasteiger partial charge in [0.05, 0.1) is 17.2 Å². The number of carbonyl (C=O) groups excluding carboxylic acids is 2. The molecule has 1 heterocycles. The van der Waals surface area contributed by atoms with E-state index in [2.05, 4.69) is 10.3 Å². The maximum absolute atomic E-state index is 12.6. The molecular formula is C23H31N3O4. The number of nitrogens with one attached hydrogen (secondary N) is 1. The molecule has 1 amide bonds. The second-order valence-corrected chi connectivity index (χ2v) is 8.20. The maximum Gasteiger partial charge on any atom is 0.306 e. The Kier molecular flexibility index (Phi) is 7.60. The molecule has 1 aliphatic carbocycles. The Bertz CT molecular complexity index is 947. The Morgan fingerprint density at radius 2 is 2.03 bits per heavy atom. The number of rotatable bonds is 8. The first-order chi connectivity index (χ1) is 14.5. The number of amides is 1. The van der Waals surface area contributed by atoms with Crippen molar-refractivity contribution in [2.24, 2.45) is 5.92 Å². The molecule has 162 valence electrons. The largest absolute Gasteiger partial charge is 0.453 e. The van der Waals surface area contributed by atoms with Crippen molar-refractivity contribution in [2.75, 3.05) is 6.54 Å². The number of aryl methyl sites for hydroxylation is 2. The van der Waals surface area contributed by atoms with Gasteiger partial charge >= 0.3 is 5.97 Å². The van der Waals surface area contributed by atoms with Crippen LogP contribution in [0, 0.1) is 12.8 Å². The fraction of sp³-hybridized carbons (Fsp3) is 0.565. The number of hydrogen-bond acceptors (Lipinski definition) is 5. The van der Waals surface area contributed by atoms with Crippen molar-refractivity contribution in [2.45, 2.75) is 71.4 Å². The van der Waals surface area contributed by atoms with Gasteiger partial charge in [0.2, 0.25) is 0 Å². The van der Waals surface area contributed by atoms with Crippen molar-refractivity contribution in [3.8, 4) is 0 Å². The summed E-state index contributed by atoms with van der Waals surface area (Å²) in [6.07, 6.45) is 7.31. The van der Waals surface area contributed by atoms with Gasteiger partial charge in [0.25, 0.3) is 11.5 Å². The summed E-state index contributed by atoms with van der Waals surface area (Å²) in [6, 6.07) is 5.51. The first-order valence-electron chi connectivity index (χ1n) is 10.9. The fourth-order valence-electron chi connectivity index (χ4n) is 3.98. The lowest BCUT2D eigenvalue weighted by atomic mass is 9.89. The number of aromatic nitrogens is 2. The monoisotopic (exact) mass is 413 g/mol. The number of hydrogen-bond donors (Lipinski definition) is 1. The second-order valence-electron chi connectivity index (χ2n) is 8.20. The summed E-state index contributed by atoms with van der Waals surface area (Å²) in [4.78, 5) is 41.2. The lowest BCUT2D eigenvalue weighted by molar-refractivity contribution is -0.155. The van der Waals surface area contributed by atoms with Crippen molar-refractivity contribution < 1.29 is 14.3 Å². The number of esters is 1. The van der Waals surface area contributed by atoms with Crippen LogP contribution in [-0.4, -0.2) is 34.1 Å². The smallest absolute Gasteiger partial charge is 0.306 e. The van der Waals surface area contributed by atoms with Crippen molar-refractivity contribution in [1.29, 1.82) is 0 Å². The molecule has 0 aliphatic heterocycles. The van der Waals surface area contributed by atoms with Crippen LogP contribution in [0.25, 0.3) is 10.9 Å². The summed E-state index contributed by atoms with van der Waals surface area (Å²) < 4.78 is 6.76. The Labute approximate surface area is 176 Å². The number of para-hydroxylation sites is 1. The average molecular weight is 414 g/mol. The maximum atomic E-state index is 12.6. The third-order valence-electron chi connectivity index (χ3n) is 5.80. The van der Waals surface area contributed by atoms with E-state index in [-0.39, 0.29) is 17.9 Å². The Morgan fingerprint density at radius 1 is 1.27 bits per heavy atom. The molecule has 7 heteroatoms. The summed E-state index contributed by atoms with van der Waals surface area (Å²) in [7, 11) is 0. The third kappa shape index (κ3) is 5.68. The molecule has 3 rings (SSSR count). The third-order valence-corrected chi connectivity index (χ3v) is 5.80. The minimum absolute atomic E-state index is 0.118. The Hall–Kier alpha value is -2.70. The minimum Gasteiger partial charge on any atom is -0.453 e. The number of ether oxygens (including phenoxy) is 1. The van der Waals surface area contributed by atoms with Crippen molar-refractivity contribution in [3.63, 3.8) is 0 Å². The van der Waals surface area contributed by atoms with E-state index in [1.807, 2.05) is 19.1 Å². The topological polar surface area (TPSA) is 90.3 Å². The van der Waals surface area contributed by atoms with Gasteiger partial charge in [-0.15, -0.1) is 0 Å². The molecule has 7 nitrogen and oxygen atoms in total. The van der Waals surface area contributed by atoms with E-state index in [4.69, 9.17) is 4.74 Å². The number of carbonyl (C=O) groups is 2. The molecule has 0 saturated heterocycles. The fourth-order valence-corrected chi connectivity index (χ4v) is 3.98. The highest BCUT2D eigenvalue weighted by molar-refractivity contribution is 5.83. The molecule has 1 aromatic carbocycles. The van der Waals surface area contributed by atoms with E-state index in [0.29, 0.717) is 36.3 Å². The van der Waals surface area contributed by atoms with E-state index in [1.54, 1.807) is 13.0 Å².